The van der Waals surface area contributed by atoms with Crippen molar-refractivity contribution in [3.63, 3.8) is 0 Å². The Morgan fingerprint density at radius 3 is 2.48 bits per heavy atom. The second kappa shape index (κ2) is 12.6. The van der Waals surface area contributed by atoms with Crippen LogP contribution in [0.25, 0.3) is 11.0 Å². The summed E-state index contributed by atoms with van der Waals surface area (Å²) in [6, 6.07) is 7.03. The van der Waals surface area contributed by atoms with Crippen LogP contribution in [0.4, 0.5) is 4.79 Å². The molecule has 0 spiro atoms. The predicted molar refractivity (Wildman–Crippen MR) is 150 cm³/mol. The number of aromatic nitrogens is 2. The average molecular weight is 558 g/mol. The number of para-hydroxylation sites is 2. The van der Waals surface area contributed by atoms with E-state index < -0.39 is 23.7 Å². The fourth-order valence-electron chi connectivity index (χ4n) is 5.48. The molecule has 2 atom stereocenters. The zero-order valence-electron chi connectivity index (χ0n) is 24.3. The molecule has 1 N–H and O–H groups in total. The van der Waals surface area contributed by atoms with E-state index in [4.69, 9.17) is 9.47 Å². The maximum absolute atomic E-state index is 14.2. The third-order valence-corrected chi connectivity index (χ3v) is 7.19. The lowest BCUT2D eigenvalue weighted by molar-refractivity contribution is -0.142. The number of imidazole rings is 1. The highest BCUT2D eigenvalue weighted by Crippen LogP contribution is 2.28. The standard InChI is InChI=1S/C29H43N5O6/c1-20(2)17-34(27(37)25-30-23-8-6-7-9-24(23)33(25)10-13-35)22-16-21(26(36)31-11-14-39-15-12-31)18-32(19-22)28(38)40-29(3,4)5/h6-9,20-22,35H,10-19H2,1-5H3/t21-,22+/m1/s1. The topological polar surface area (TPSA) is 117 Å². The SMILES string of the molecule is CC(C)CN(C(=O)c1nc2ccccc2n1CCO)[C@H]1C[C@@H](C(=O)N2CCOCC2)CN(C(=O)OC(C)(C)C)C1. The number of piperidine rings is 1. The Bertz CT molecular complexity index is 1200. The van der Waals surface area contributed by atoms with Crippen molar-refractivity contribution < 1.29 is 29.0 Å². The van der Waals surface area contributed by atoms with E-state index in [2.05, 4.69) is 4.98 Å². The van der Waals surface area contributed by atoms with Crippen LogP contribution in [-0.2, 0) is 20.8 Å². The summed E-state index contributed by atoms with van der Waals surface area (Å²) in [5.74, 6) is -0.438. The second-order valence-corrected chi connectivity index (χ2v) is 12.1. The number of nitrogens with zero attached hydrogens (tertiary/aromatic N) is 5. The quantitative estimate of drug-likeness (QED) is 0.556. The molecule has 2 fully saturated rings. The molecule has 4 rings (SSSR count). The molecule has 1 aromatic heterocycles. The van der Waals surface area contributed by atoms with Gasteiger partial charge >= 0.3 is 6.09 Å². The van der Waals surface area contributed by atoms with Gasteiger partial charge in [0.25, 0.3) is 5.91 Å². The van der Waals surface area contributed by atoms with Crippen LogP contribution >= 0.6 is 0 Å². The number of amides is 3. The number of likely N-dealkylation sites (tertiary alicyclic amines) is 1. The van der Waals surface area contributed by atoms with Crippen LogP contribution in [0.2, 0.25) is 0 Å². The number of hydrogen-bond acceptors (Lipinski definition) is 7. The predicted octanol–water partition coefficient (Wildman–Crippen LogP) is 2.61. The zero-order chi connectivity index (χ0) is 29.0. The maximum atomic E-state index is 14.2. The van der Waals surface area contributed by atoms with Gasteiger partial charge in [0.1, 0.15) is 5.60 Å². The van der Waals surface area contributed by atoms with Crippen molar-refractivity contribution in [2.24, 2.45) is 11.8 Å². The number of carbonyl (C=O) groups excluding carboxylic acids is 3. The lowest BCUT2D eigenvalue weighted by atomic mass is 9.91. The summed E-state index contributed by atoms with van der Waals surface area (Å²) in [5, 5.41) is 9.76. The van der Waals surface area contributed by atoms with Gasteiger partial charge in [0.05, 0.1) is 42.8 Å². The van der Waals surface area contributed by atoms with E-state index in [1.165, 1.54) is 0 Å². The molecule has 3 amide bonds. The summed E-state index contributed by atoms with van der Waals surface area (Å²) in [6.07, 6.45) is -0.0739. The minimum absolute atomic E-state index is 0.0361. The summed E-state index contributed by atoms with van der Waals surface area (Å²) in [4.78, 5) is 50.9. The summed E-state index contributed by atoms with van der Waals surface area (Å²) in [5.41, 5.74) is 0.739. The van der Waals surface area contributed by atoms with Gasteiger partial charge in [-0.05, 0) is 45.2 Å². The van der Waals surface area contributed by atoms with E-state index >= 15 is 0 Å². The first kappa shape index (κ1) is 29.8. The number of morpholine rings is 1. The smallest absolute Gasteiger partial charge is 0.410 e. The van der Waals surface area contributed by atoms with Crippen molar-refractivity contribution in [1.82, 2.24) is 24.3 Å². The van der Waals surface area contributed by atoms with Gasteiger partial charge in [0.15, 0.2) is 5.82 Å². The van der Waals surface area contributed by atoms with Crippen molar-refractivity contribution in [1.29, 1.82) is 0 Å². The molecule has 2 aromatic rings. The molecular weight excluding hydrogens is 514 g/mol. The lowest BCUT2D eigenvalue weighted by Crippen LogP contribution is -2.58. The first-order valence-electron chi connectivity index (χ1n) is 14.2. The molecule has 2 saturated heterocycles. The first-order chi connectivity index (χ1) is 19.0. The Labute approximate surface area is 236 Å². The van der Waals surface area contributed by atoms with E-state index in [1.807, 2.05) is 58.9 Å². The van der Waals surface area contributed by atoms with E-state index in [0.29, 0.717) is 44.8 Å². The van der Waals surface area contributed by atoms with Gasteiger partial charge < -0.3 is 33.8 Å². The molecule has 3 heterocycles. The van der Waals surface area contributed by atoms with E-state index in [-0.39, 0.29) is 49.8 Å². The van der Waals surface area contributed by atoms with Gasteiger partial charge in [-0.3, -0.25) is 9.59 Å². The molecule has 0 bridgehead atoms. The number of rotatable bonds is 7. The number of aliphatic hydroxyl groups is 1. The molecule has 0 radical (unpaired) electrons. The molecular formula is C29H43N5O6. The Morgan fingerprint density at radius 2 is 1.82 bits per heavy atom. The first-order valence-corrected chi connectivity index (χ1v) is 14.2. The van der Waals surface area contributed by atoms with Crippen LogP contribution in [0.1, 0.15) is 51.7 Å². The average Bonchev–Trinajstić information content (AvgIpc) is 3.29. The van der Waals surface area contributed by atoms with Crippen LogP contribution in [-0.4, -0.2) is 111 Å². The fourth-order valence-corrected chi connectivity index (χ4v) is 5.48. The molecule has 40 heavy (non-hydrogen) atoms. The van der Waals surface area contributed by atoms with E-state index in [1.54, 1.807) is 19.3 Å². The monoisotopic (exact) mass is 557 g/mol. The molecule has 11 heteroatoms. The van der Waals surface area contributed by atoms with Crippen molar-refractivity contribution >= 4 is 28.9 Å². The van der Waals surface area contributed by atoms with Gasteiger partial charge in [-0.2, -0.15) is 0 Å². The Balaban J connectivity index is 1.69. The molecule has 11 nitrogen and oxygen atoms in total. The number of benzene rings is 1. The Hall–Kier alpha value is -3.18. The van der Waals surface area contributed by atoms with E-state index in [9.17, 15) is 19.5 Å². The van der Waals surface area contributed by atoms with Gasteiger partial charge in [0, 0.05) is 39.3 Å². The summed E-state index contributed by atoms with van der Waals surface area (Å²) < 4.78 is 12.9. The van der Waals surface area contributed by atoms with Crippen LogP contribution in [0, 0.1) is 11.8 Å². The molecule has 2 aliphatic rings. The minimum Gasteiger partial charge on any atom is -0.444 e. The van der Waals surface area contributed by atoms with Gasteiger partial charge in [-0.1, -0.05) is 26.0 Å². The fraction of sp³-hybridized carbons (Fsp3) is 0.655. The summed E-state index contributed by atoms with van der Waals surface area (Å²) in [7, 11) is 0. The van der Waals surface area contributed by atoms with Crippen LogP contribution in [0.3, 0.4) is 0 Å². The maximum Gasteiger partial charge on any atom is 0.410 e. The second-order valence-electron chi connectivity index (χ2n) is 12.1. The molecule has 0 saturated carbocycles. The van der Waals surface area contributed by atoms with Crippen LogP contribution < -0.4 is 0 Å². The van der Waals surface area contributed by atoms with Crippen molar-refractivity contribution in [2.75, 3.05) is 52.5 Å². The zero-order valence-corrected chi connectivity index (χ0v) is 24.3. The van der Waals surface area contributed by atoms with E-state index in [0.717, 1.165) is 5.52 Å². The Morgan fingerprint density at radius 1 is 1.12 bits per heavy atom. The third kappa shape index (κ3) is 6.93. The van der Waals surface area contributed by atoms with Crippen LogP contribution in [0.5, 0.6) is 0 Å². The van der Waals surface area contributed by atoms with Crippen molar-refractivity contribution in [3.8, 4) is 0 Å². The molecule has 220 valence electrons. The minimum atomic E-state index is -0.698. The number of aliphatic hydroxyl groups excluding tert-OH is 1. The number of hydrogen-bond donors (Lipinski definition) is 1. The van der Waals surface area contributed by atoms with Gasteiger partial charge in [0.2, 0.25) is 5.91 Å². The molecule has 1 aromatic carbocycles. The lowest BCUT2D eigenvalue weighted by Gasteiger charge is -2.44. The highest BCUT2D eigenvalue weighted by molar-refractivity contribution is 5.95. The highest BCUT2D eigenvalue weighted by atomic mass is 16.6. The normalized spacial score (nSPS) is 20.2. The molecule has 2 aliphatic heterocycles. The number of fused-ring (bicyclic) bond motifs is 1. The van der Waals surface area contributed by atoms with Crippen molar-refractivity contribution in [3.05, 3.63) is 30.1 Å². The molecule has 0 unspecified atom stereocenters. The Kier molecular flexibility index (Phi) is 9.35. The summed E-state index contributed by atoms with van der Waals surface area (Å²) >= 11 is 0. The van der Waals surface area contributed by atoms with Gasteiger partial charge in [-0.25, -0.2) is 9.78 Å². The van der Waals surface area contributed by atoms with Crippen molar-refractivity contribution in [2.45, 2.75) is 59.2 Å². The van der Waals surface area contributed by atoms with Gasteiger partial charge in [-0.15, -0.1) is 0 Å². The number of carbonyl (C=O) groups is 3. The number of ether oxygens (including phenoxy) is 2. The third-order valence-electron chi connectivity index (χ3n) is 7.19. The highest BCUT2D eigenvalue weighted by Gasteiger charge is 2.41. The largest absolute Gasteiger partial charge is 0.444 e. The summed E-state index contributed by atoms with van der Waals surface area (Å²) in [6.45, 7) is 12.5. The van der Waals surface area contributed by atoms with Crippen LogP contribution in [0.15, 0.2) is 24.3 Å². The molecule has 0 aliphatic carbocycles.